The van der Waals surface area contributed by atoms with Gasteiger partial charge in [0.2, 0.25) is 5.91 Å². The molecular weight excluding hydrogens is 228 g/mol. The number of likely N-dealkylation sites (tertiary alicyclic amines) is 1. The highest BCUT2D eigenvalue weighted by Gasteiger charge is 2.31. The molecule has 2 N–H and O–H groups in total. The van der Waals surface area contributed by atoms with Crippen LogP contribution in [0.5, 0.6) is 0 Å². The van der Waals surface area contributed by atoms with Gasteiger partial charge in [0.05, 0.1) is 12.1 Å². The summed E-state index contributed by atoms with van der Waals surface area (Å²) in [6, 6.07) is 8.10. The van der Waals surface area contributed by atoms with Crippen LogP contribution in [-0.2, 0) is 17.8 Å². The van der Waals surface area contributed by atoms with Crippen LogP contribution in [-0.4, -0.2) is 41.1 Å². The minimum absolute atomic E-state index is 0.126. The van der Waals surface area contributed by atoms with Crippen molar-refractivity contribution in [3.05, 3.63) is 35.4 Å². The van der Waals surface area contributed by atoms with Gasteiger partial charge in [-0.25, -0.2) is 0 Å². The predicted molar refractivity (Wildman–Crippen MR) is 68.0 cm³/mol. The topological polar surface area (TPSA) is 52.6 Å². The summed E-state index contributed by atoms with van der Waals surface area (Å²) in [6.07, 6.45) is 1.11. The molecule has 1 fully saturated rings. The second-order valence-corrected chi connectivity index (χ2v) is 5.13. The van der Waals surface area contributed by atoms with Crippen LogP contribution in [0.3, 0.4) is 0 Å². The summed E-state index contributed by atoms with van der Waals surface area (Å²) >= 11 is 0. The lowest BCUT2D eigenvalue weighted by Crippen LogP contribution is -2.48. The number of hydrogen-bond donors (Lipinski definition) is 2. The maximum Gasteiger partial charge on any atom is 0.240 e. The van der Waals surface area contributed by atoms with Crippen LogP contribution in [0.15, 0.2) is 24.3 Å². The summed E-state index contributed by atoms with van der Waals surface area (Å²) in [7, 11) is 0. The molecule has 2 atom stereocenters. The molecule has 0 radical (unpaired) electrons. The second-order valence-electron chi connectivity index (χ2n) is 5.13. The first-order valence-corrected chi connectivity index (χ1v) is 6.51. The molecule has 0 aromatic heterocycles. The number of aliphatic hydroxyl groups is 1. The molecule has 0 unspecified atom stereocenters. The molecule has 4 nitrogen and oxygen atoms in total. The fourth-order valence-electron chi connectivity index (χ4n) is 2.79. The molecule has 0 saturated carbocycles. The maximum absolute atomic E-state index is 12.3. The second kappa shape index (κ2) is 4.71. The number of rotatable bonds is 1. The summed E-state index contributed by atoms with van der Waals surface area (Å²) < 4.78 is 0. The zero-order valence-corrected chi connectivity index (χ0v) is 10.3. The van der Waals surface area contributed by atoms with Gasteiger partial charge in [-0.3, -0.25) is 4.79 Å². The van der Waals surface area contributed by atoms with E-state index in [1.165, 1.54) is 11.1 Å². The Kier molecular flexibility index (Phi) is 3.06. The van der Waals surface area contributed by atoms with Crippen molar-refractivity contribution in [2.75, 3.05) is 13.1 Å². The standard InChI is InChI=1S/C14H18N2O2/c17-12-5-6-16(9-12)14(18)13-7-10-3-1-2-4-11(10)8-15-13/h1-4,12-13,15,17H,5-9H2/t12-,13-/m0/s1. The average molecular weight is 246 g/mol. The highest BCUT2D eigenvalue weighted by atomic mass is 16.3. The van der Waals surface area contributed by atoms with Crippen LogP contribution in [0.2, 0.25) is 0 Å². The molecule has 96 valence electrons. The van der Waals surface area contributed by atoms with Crippen molar-refractivity contribution in [1.82, 2.24) is 10.2 Å². The highest BCUT2D eigenvalue weighted by molar-refractivity contribution is 5.83. The summed E-state index contributed by atoms with van der Waals surface area (Å²) in [5, 5.41) is 12.8. The molecule has 0 spiro atoms. The van der Waals surface area contributed by atoms with E-state index in [1.54, 1.807) is 4.90 Å². The Bertz CT molecular complexity index is 461. The SMILES string of the molecule is O=C([C@@H]1Cc2ccccc2CN1)N1CC[C@H](O)C1. The van der Waals surface area contributed by atoms with E-state index in [4.69, 9.17) is 0 Å². The fourth-order valence-corrected chi connectivity index (χ4v) is 2.79. The minimum atomic E-state index is -0.343. The third kappa shape index (κ3) is 2.13. The zero-order valence-electron chi connectivity index (χ0n) is 10.3. The van der Waals surface area contributed by atoms with E-state index in [-0.39, 0.29) is 18.1 Å². The monoisotopic (exact) mass is 246 g/mol. The Labute approximate surface area is 107 Å². The van der Waals surface area contributed by atoms with E-state index < -0.39 is 0 Å². The average Bonchev–Trinajstić information content (AvgIpc) is 2.84. The largest absolute Gasteiger partial charge is 0.391 e. The van der Waals surface area contributed by atoms with Gasteiger partial charge >= 0.3 is 0 Å². The summed E-state index contributed by atoms with van der Waals surface area (Å²) in [4.78, 5) is 14.1. The third-order valence-electron chi connectivity index (χ3n) is 3.85. The van der Waals surface area contributed by atoms with Gasteiger partial charge in [0.1, 0.15) is 0 Å². The number of hydrogen-bond acceptors (Lipinski definition) is 3. The maximum atomic E-state index is 12.3. The van der Waals surface area contributed by atoms with E-state index in [2.05, 4.69) is 17.4 Å². The van der Waals surface area contributed by atoms with Crippen molar-refractivity contribution in [3.63, 3.8) is 0 Å². The number of amides is 1. The molecule has 1 aromatic rings. The van der Waals surface area contributed by atoms with E-state index in [0.29, 0.717) is 19.5 Å². The lowest BCUT2D eigenvalue weighted by molar-refractivity contribution is -0.132. The summed E-state index contributed by atoms with van der Waals surface area (Å²) in [6.45, 7) is 1.92. The zero-order chi connectivity index (χ0) is 12.5. The van der Waals surface area contributed by atoms with Crippen molar-refractivity contribution in [1.29, 1.82) is 0 Å². The van der Waals surface area contributed by atoms with Crippen molar-refractivity contribution in [2.45, 2.75) is 31.5 Å². The summed E-state index contributed by atoms with van der Waals surface area (Å²) in [5.41, 5.74) is 2.54. The van der Waals surface area contributed by atoms with Crippen molar-refractivity contribution in [3.8, 4) is 0 Å². The number of nitrogens with one attached hydrogen (secondary N) is 1. The van der Waals surface area contributed by atoms with Crippen molar-refractivity contribution < 1.29 is 9.90 Å². The lowest BCUT2D eigenvalue weighted by atomic mass is 9.95. The number of nitrogens with zero attached hydrogens (tertiary/aromatic N) is 1. The van der Waals surface area contributed by atoms with Crippen LogP contribution < -0.4 is 5.32 Å². The number of fused-ring (bicyclic) bond motifs is 1. The Balaban J connectivity index is 1.70. The number of aliphatic hydroxyl groups excluding tert-OH is 1. The Morgan fingerprint density at radius 3 is 2.83 bits per heavy atom. The molecule has 3 rings (SSSR count). The first-order chi connectivity index (χ1) is 8.74. The van der Waals surface area contributed by atoms with Crippen LogP contribution in [0.1, 0.15) is 17.5 Å². The summed E-state index contributed by atoms with van der Waals surface area (Å²) in [5.74, 6) is 0.126. The molecule has 4 heteroatoms. The molecule has 0 bridgehead atoms. The van der Waals surface area contributed by atoms with Gasteiger partial charge in [-0.05, 0) is 24.0 Å². The number of β-amino-alcohol motifs (C(OH)–C–C–N with tert-alkyl or cyclic N) is 1. The van der Waals surface area contributed by atoms with E-state index in [0.717, 1.165) is 13.0 Å². The predicted octanol–water partition coefficient (Wildman–Crippen LogP) is 0.294. The van der Waals surface area contributed by atoms with E-state index >= 15 is 0 Å². The molecule has 2 aliphatic heterocycles. The van der Waals surface area contributed by atoms with Gasteiger partial charge in [0.15, 0.2) is 0 Å². The van der Waals surface area contributed by atoms with Gasteiger partial charge in [-0.1, -0.05) is 24.3 Å². The lowest BCUT2D eigenvalue weighted by Gasteiger charge is -2.28. The van der Waals surface area contributed by atoms with Crippen LogP contribution in [0.4, 0.5) is 0 Å². The first-order valence-electron chi connectivity index (χ1n) is 6.51. The van der Waals surface area contributed by atoms with Crippen LogP contribution >= 0.6 is 0 Å². The molecule has 0 aliphatic carbocycles. The highest BCUT2D eigenvalue weighted by Crippen LogP contribution is 2.19. The Hall–Kier alpha value is -1.39. The minimum Gasteiger partial charge on any atom is -0.391 e. The van der Waals surface area contributed by atoms with Gasteiger partial charge in [-0.2, -0.15) is 0 Å². The molecule has 2 aliphatic rings. The smallest absolute Gasteiger partial charge is 0.240 e. The fraction of sp³-hybridized carbons (Fsp3) is 0.500. The number of benzene rings is 1. The Morgan fingerprint density at radius 2 is 2.11 bits per heavy atom. The van der Waals surface area contributed by atoms with Gasteiger partial charge in [0.25, 0.3) is 0 Å². The molecule has 1 saturated heterocycles. The quantitative estimate of drug-likeness (QED) is 0.749. The van der Waals surface area contributed by atoms with E-state index in [9.17, 15) is 9.90 Å². The van der Waals surface area contributed by atoms with Gasteiger partial charge < -0.3 is 15.3 Å². The normalized spacial score (nSPS) is 27.1. The van der Waals surface area contributed by atoms with Gasteiger partial charge in [0, 0.05) is 19.6 Å². The number of carbonyl (C=O) groups is 1. The van der Waals surface area contributed by atoms with Crippen molar-refractivity contribution in [2.24, 2.45) is 0 Å². The molecule has 1 amide bonds. The molecule has 18 heavy (non-hydrogen) atoms. The first kappa shape index (κ1) is 11.7. The molecular formula is C14H18N2O2. The molecule has 1 aromatic carbocycles. The van der Waals surface area contributed by atoms with Gasteiger partial charge in [-0.15, -0.1) is 0 Å². The molecule has 2 heterocycles. The van der Waals surface area contributed by atoms with E-state index in [1.807, 2.05) is 12.1 Å². The number of carbonyl (C=O) groups excluding carboxylic acids is 1. The third-order valence-corrected chi connectivity index (χ3v) is 3.85. The van der Waals surface area contributed by atoms with Crippen LogP contribution in [0, 0.1) is 0 Å². The van der Waals surface area contributed by atoms with Crippen molar-refractivity contribution >= 4 is 5.91 Å². The Morgan fingerprint density at radius 1 is 1.33 bits per heavy atom. The van der Waals surface area contributed by atoms with Crippen LogP contribution in [0.25, 0.3) is 0 Å².